The van der Waals surface area contributed by atoms with E-state index in [0.717, 1.165) is 33.9 Å². The average Bonchev–Trinajstić information content (AvgIpc) is 3.50. The number of fused-ring (bicyclic) bond motifs is 4. The van der Waals surface area contributed by atoms with E-state index in [0.29, 0.717) is 6.67 Å². The van der Waals surface area contributed by atoms with Crippen molar-refractivity contribution in [3.8, 4) is 11.6 Å². The van der Waals surface area contributed by atoms with Crippen molar-refractivity contribution in [2.45, 2.75) is 19.4 Å². The van der Waals surface area contributed by atoms with Crippen LogP contribution >= 0.6 is 0 Å². The van der Waals surface area contributed by atoms with Crippen molar-refractivity contribution >= 4 is 38.9 Å². The van der Waals surface area contributed by atoms with Crippen molar-refractivity contribution in [2.24, 2.45) is 0 Å². The van der Waals surface area contributed by atoms with Crippen molar-refractivity contribution in [1.29, 1.82) is 0 Å². The van der Waals surface area contributed by atoms with Crippen molar-refractivity contribution in [3.05, 3.63) is 121 Å². The molecule has 3 heterocycles. The number of pyridine rings is 1. The highest BCUT2D eigenvalue weighted by atomic mass is 16.3. The molecule has 0 radical (unpaired) electrons. The molecule has 5 nitrogen and oxygen atoms in total. The molecule has 2 aromatic heterocycles. The Bertz CT molecular complexity index is 1810. The molecule has 7 rings (SSSR count). The van der Waals surface area contributed by atoms with Crippen LogP contribution in [0.1, 0.15) is 19.4 Å². The Labute approximate surface area is 221 Å². The molecule has 4 aromatic carbocycles. The third-order valence-electron chi connectivity index (χ3n) is 7.85. The molecular weight excluding hydrogens is 468 g/mol. The molecule has 0 fully saturated rings. The van der Waals surface area contributed by atoms with E-state index in [2.05, 4.69) is 101 Å². The fourth-order valence-corrected chi connectivity index (χ4v) is 5.83. The number of hydrogen-bond acceptors (Lipinski definition) is 4. The Hall–Kier alpha value is -4.77. The zero-order valence-electron chi connectivity index (χ0n) is 21.4. The number of aromatic nitrogens is 2. The van der Waals surface area contributed by atoms with Gasteiger partial charge in [-0.15, -0.1) is 0 Å². The predicted molar refractivity (Wildman–Crippen MR) is 156 cm³/mol. The molecule has 1 aliphatic heterocycles. The van der Waals surface area contributed by atoms with Crippen molar-refractivity contribution in [2.75, 3.05) is 16.5 Å². The molecule has 1 N–H and O–H groups in total. The van der Waals surface area contributed by atoms with E-state index >= 15 is 0 Å². The van der Waals surface area contributed by atoms with Gasteiger partial charge in [0.1, 0.15) is 11.6 Å². The molecule has 186 valence electrons. The van der Waals surface area contributed by atoms with Gasteiger partial charge in [-0.1, -0.05) is 60.7 Å². The van der Waals surface area contributed by atoms with Crippen LogP contribution in [0.15, 0.2) is 115 Å². The minimum Gasteiger partial charge on any atom is -0.506 e. The average molecular weight is 497 g/mol. The van der Waals surface area contributed by atoms with E-state index in [1.54, 1.807) is 6.07 Å². The zero-order chi connectivity index (χ0) is 25.9. The maximum atomic E-state index is 10.7. The van der Waals surface area contributed by atoms with Gasteiger partial charge in [0, 0.05) is 17.0 Å². The topological polar surface area (TPSA) is 44.5 Å². The fraction of sp³-hybridized carbons (Fsp3) is 0.121. The van der Waals surface area contributed by atoms with Crippen LogP contribution < -0.4 is 9.80 Å². The van der Waals surface area contributed by atoms with Crippen LogP contribution in [0.3, 0.4) is 0 Å². The summed E-state index contributed by atoms with van der Waals surface area (Å²) < 4.78 is 2.26. The lowest BCUT2D eigenvalue weighted by Crippen LogP contribution is -2.43. The molecule has 0 spiro atoms. The number of phenols is 1. The van der Waals surface area contributed by atoms with Gasteiger partial charge in [-0.3, -0.25) is 4.57 Å². The molecule has 0 saturated carbocycles. The van der Waals surface area contributed by atoms with Gasteiger partial charge in [-0.25, -0.2) is 4.98 Å². The monoisotopic (exact) mass is 496 g/mol. The number of phenolic OH excluding ortho intramolecular Hbond substituents is 1. The fourth-order valence-electron chi connectivity index (χ4n) is 5.83. The van der Waals surface area contributed by atoms with Crippen LogP contribution in [-0.2, 0) is 5.54 Å². The van der Waals surface area contributed by atoms with Gasteiger partial charge in [-0.05, 0) is 67.9 Å². The number of hydrogen-bond donors (Lipinski definition) is 1. The molecule has 6 aromatic rings. The van der Waals surface area contributed by atoms with E-state index in [4.69, 9.17) is 4.98 Å². The number of nitrogens with zero attached hydrogens (tertiary/aromatic N) is 4. The summed E-state index contributed by atoms with van der Waals surface area (Å²) in [6.07, 6.45) is 1.85. The van der Waals surface area contributed by atoms with Crippen LogP contribution in [0.5, 0.6) is 5.75 Å². The molecule has 0 atom stereocenters. The first-order valence-corrected chi connectivity index (χ1v) is 12.9. The van der Waals surface area contributed by atoms with Crippen molar-refractivity contribution < 1.29 is 5.11 Å². The van der Waals surface area contributed by atoms with E-state index in [1.165, 1.54) is 16.3 Å². The number of anilines is 3. The maximum Gasteiger partial charge on any atom is 0.139 e. The minimum atomic E-state index is -0.338. The summed E-state index contributed by atoms with van der Waals surface area (Å²) in [5.41, 5.74) is 6.20. The molecule has 38 heavy (non-hydrogen) atoms. The number of aromatic hydroxyl groups is 1. The van der Waals surface area contributed by atoms with E-state index in [1.807, 2.05) is 36.5 Å². The first-order chi connectivity index (χ1) is 18.5. The van der Waals surface area contributed by atoms with Crippen LogP contribution in [0.2, 0.25) is 0 Å². The lowest BCUT2D eigenvalue weighted by Gasteiger charge is -2.38. The largest absolute Gasteiger partial charge is 0.506 e. The van der Waals surface area contributed by atoms with Gasteiger partial charge in [-0.2, -0.15) is 0 Å². The minimum absolute atomic E-state index is 0.281. The Kier molecular flexibility index (Phi) is 4.95. The third kappa shape index (κ3) is 3.28. The number of para-hydroxylation sites is 5. The van der Waals surface area contributed by atoms with Gasteiger partial charge >= 0.3 is 0 Å². The summed E-state index contributed by atoms with van der Waals surface area (Å²) in [4.78, 5) is 9.31. The number of rotatable bonds is 4. The van der Waals surface area contributed by atoms with E-state index in [9.17, 15) is 5.11 Å². The van der Waals surface area contributed by atoms with Crippen LogP contribution in [0.4, 0.5) is 17.1 Å². The van der Waals surface area contributed by atoms with Crippen molar-refractivity contribution in [1.82, 2.24) is 9.55 Å². The second kappa shape index (κ2) is 8.38. The summed E-state index contributed by atoms with van der Waals surface area (Å²) in [5, 5.41) is 13.1. The molecule has 0 amide bonds. The van der Waals surface area contributed by atoms with Crippen LogP contribution in [0, 0.1) is 0 Å². The summed E-state index contributed by atoms with van der Waals surface area (Å²) in [5.74, 6) is 1.19. The lowest BCUT2D eigenvalue weighted by atomic mass is 9.91. The van der Waals surface area contributed by atoms with Crippen molar-refractivity contribution in [3.63, 3.8) is 0 Å². The Morgan fingerprint density at radius 3 is 2.16 bits per heavy atom. The van der Waals surface area contributed by atoms with Gasteiger partial charge in [0.05, 0.1) is 40.3 Å². The zero-order valence-corrected chi connectivity index (χ0v) is 21.4. The SMILES string of the molecule is CC(C)(c1ccc2c3ccccc3n(-c3ccccn3)c2c1)N1CN(c2ccccc2O)c2ccccc21. The number of benzene rings is 4. The quantitative estimate of drug-likeness (QED) is 0.271. The highest BCUT2D eigenvalue weighted by Crippen LogP contribution is 2.48. The van der Waals surface area contributed by atoms with Gasteiger partial charge < -0.3 is 14.9 Å². The molecule has 0 aliphatic carbocycles. The Morgan fingerprint density at radius 1 is 0.684 bits per heavy atom. The smallest absolute Gasteiger partial charge is 0.139 e. The van der Waals surface area contributed by atoms with Crippen LogP contribution in [0.25, 0.3) is 27.6 Å². The van der Waals surface area contributed by atoms with Gasteiger partial charge in [0.15, 0.2) is 0 Å². The summed E-state index contributed by atoms with van der Waals surface area (Å²) >= 11 is 0. The summed E-state index contributed by atoms with van der Waals surface area (Å²) in [6, 6.07) is 37.4. The first-order valence-electron chi connectivity index (χ1n) is 12.9. The standard InChI is InChI=1S/C33H28N4O/c1-33(2,36-22-35(27-13-5-6-14-28(27)36)29-15-7-8-16-31(29)38)23-18-19-25-24-11-3-4-12-26(24)37(30(25)21-23)32-17-9-10-20-34-32/h3-21,38H,22H2,1-2H3. The van der Waals surface area contributed by atoms with Crippen LogP contribution in [-0.4, -0.2) is 21.3 Å². The molecule has 0 saturated heterocycles. The molecule has 5 heteroatoms. The normalized spacial score (nSPS) is 13.4. The second-order valence-electron chi connectivity index (χ2n) is 10.3. The first kappa shape index (κ1) is 22.4. The van der Waals surface area contributed by atoms with Gasteiger partial charge in [0.2, 0.25) is 0 Å². The summed E-state index contributed by atoms with van der Waals surface area (Å²) in [6.45, 7) is 5.17. The Morgan fingerprint density at radius 2 is 1.37 bits per heavy atom. The third-order valence-corrected chi connectivity index (χ3v) is 7.85. The van der Waals surface area contributed by atoms with E-state index in [-0.39, 0.29) is 11.3 Å². The van der Waals surface area contributed by atoms with E-state index < -0.39 is 0 Å². The maximum absolute atomic E-state index is 10.7. The molecule has 0 unspecified atom stereocenters. The Balaban J connectivity index is 1.39. The summed E-state index contributed by atoms with van der Waals surface area (Å²) in [7, 11) is 0. The second-order valence-corrected chi connectivity index (χ2v) is 10.3. The molecule has 1 aliphatic rings. The molecular formula is C33H28N4O. The molecule has 0 bridgehead atoms. The predicted octanol–water partition coefficient (Wildman–Crippen LogP) is 7.74. The lowest BCUT2D eigenvalue weighted by molar-refractivity contribution is 0.472. The highest BCUT2D eigenvalue weighted by molar-refractivity contribution is 6.09. The van der Waals surface area contributed by atoms with Gasteiger partial charge in [0.25, 0.3) is 0 Å². The highest BCUT2D eigenvalue weighted by Gasteiger charge is 2.38.